The molecular weight excluding hydrogens is 344 g/mol. The monoisotopic (exact) mass is 360 g/mol. The van der Waals surface area contributed by atoms with Crippen molar-refractivity contribution in [3.8, 4) is 0 Å². The number of ketones is 1. The van der Waals surface area contributed by atoms with Gasteiger partial charge in [-0.15, -0.1) is 0 Å². The minimum atomic E-state index is -1.03. The van der Waals surface area contributed by atoms with Gasteiger partial charge < -0.3 is 16.2 Å². The number of hydrogen-bond donors (Lipinski definition) is 3. The van der Waals surface area contributed by atoms with E-state index in [0.717, 1.165) is 0 Å². The first-order chi connectivity index (χ1) is 11.9. The lowest BCUT2D eigenvalue weighted by molar-refractivity contribution is -0.137. The maximum Gasteiger partial charge on any atom is 0.303 e. The largest absolute Gasteiger partial charge is 0.481 e. The van der Waals surface area contributed by atoms with Crippen LogP contribution in [0, 0.1) is 0 Å². The maximum atomic E-state index is 12.7. The molecule has 0 spiro atoms. The van der Waals surface area contributed by atoms with Crippen LogP contribution < -0.4 is 11.1 Å². The van der Waals surface area contributed by atoms with E-state index in [1.54, 1.807) is 36.4 Å². The molecule has 0 fully saturated rings. The molecular formula is C18H17ClN2O4. The number of rotatable bonds is 7. The zero-order valence-electron chi connectivity index (χ0n) is 13.2. The molecule has 0 radical (unpaired) electrons. The number of carboxylic acid groups (broad SMARTS) is 1. The minimum Gasteiger partial charge on any atom is -0.481 e. The number of benzene rings is 2. The van der Waals surface area contributed by atoms with Crippen molar-refractivity contribution in [2.24, 2.45) is 5.73 Å². The number of nitrogens with one attached hydrogen (secondary N) is 1. The van der Waals surface area contributed by atoms with Crippen LogP contribution in [0.1, 0.15) is 28.8 Å². The quantitative estimate of drug-likeness (QED) is 0.657. The third-order valence-corrected chi connectivity index (χ3v) is 3.76. The highest BCUT2D eigenvalue weighted by Gasteiger charge is 2.19. The Morgan fingerprint density at radius 1 is 1.12 bits per heavy atom. The van der Waals surface area contributed by atoms with E-state index in [2.05, 4.69) is 5.32 Å². The number of aliphatic carboxylic acids is 1. The number of carbonyl (C=O) groups is 3. The topological polar surface area (TPSA) is 109 Å². The van der Waals surface area contributed by atoms with Crippen LogP contribution in [0.3, 0.4) is 0 Å². The zero-order valence-corrected chi connectivity index (χ0v) is 14.0. The lowest BCUT2D eigenvalue weighted by atomic mass is 10.0. The Bertz CT molecular complexity index is 793. The summed E-state index contributed by atoms with van der Waals surface area (Å²) >= 11 is 5.98. The fourth-order valence-electron chi connectivity index (χ4n) is 2.19. The Balaban J connectivity index is 2.22. The highest BCUT2D eigenvalue weighted by molar-refractivity contribution is 6.31. The number of carboxylic acids is 1. The van der Waals surface area contributed by atoms with Gasteiger partial charge >= 0.3 is 5.97 Å². The van der Waals surface area contributed by atoms with Gasteiger partial charge in [-0.1, -0.05) is 41.9 Å². The Morgan fingerprint density at radius 3 is 2.44 bits per heavy atom. The van der Waals surface area contributed by atoms with Gasteiger partial charge in [-0.05, 0) is 24.6 Å². The summed E-state index contributed by atoms with van der Waals surface area (Å²) in [5, 5.41) is 11.6. The summed E-state index contributed by atoms with van der Waals surface area (Å²) in [6.07, 6.45) is -0.221. The van der Waals surface area contributed by atoms with Crippen LogP contribution in [-0.4, -0.2) is 28.8 Å². The smallest absolute Gasteiger partial charge is 0.303 e. The first-order valence-electron chi connectivity index (χ1n) is 7.56. The second-order valence-electron chi connectivity index (χ2n) is 5.41. The van der Waals surface area contributed by atoms with E-state index in [1.165, 1.54) is 12.1 Å². The van der Waals surface area contributed by atoms with Crippen molar-refractivity contribution in [1.82, 2.24) is 0 Å². The SMILES string of the molecule is N[C@@H](CCC(=O)O)C(=O)Nc1ccc(Cl)cc1C(=O)c1ccccc1. The molecule has 130 valence electrons. The molecule has 7 heteroatoms. The summed E-state index contributed by atoms with van der Waals surface area (Å²) in [6, 6.07) is 12.1. The van der Waals surface area contributed by atoms with Crippen molar-refractivity contribution >= 4 is 34.9 Å². The van der Waals surface area contributed by atoms with E-state index in [0.29, 0.717) is 10.6 Å². The van der Waals surface area contributed by atoms with Crippen molar-refractivity contribution in [3.05, 3.63) is 64.7 Å². The molecule has 2 aromatic carbocycles. The summed E-state index contributed by atoms with van der Waals surface area (Å²) < 4.78 is 0. The number of anilines is 1. The molecule has 25 heavy (non-hydrogen) atoms. The van der Waals surface area contributed by atoms with Gasteiger partial charge in [0, 0.05) is 22.6 Å². The molecule has 0 bridgehead atoms. The third kappa shape index (κ3) is 5.14. The van der Waals surface area contributed by atoms with Crippen LogP contribution in [0.4, 0.5) is 5.69 Å². The molecule has 0 saturated carbocycles. The minimum absolute atomic E-state index is 0.00325. The molecule has 4 N–H and O–H groups in total. The predicted octanol–water partition coefficient (Wildman–Crippen LogP) is 2.70. The van der Waals surface area contributed by atoms with Gasteiger partial charge in [-0.25, -0.2) is 0 Å². The van der Waals surface area contributed by atoms with E-state index in [9.17, 15) is 14.4 Å². The fraction of sp³-hybridized carbons (Fsp3) is 0.167. The molecule has 2 aromatic rings. The average Bonchev–Trinajstić information content (AvgIpc) is 2.61. The summed E-state index contributed by atoms with van der Waals surface area (Å²) in [6.45, 7) is 0. The molecule has 2 rings (SSSR count). The highest BCUT2D eigenvalue weighted by Crippen LogP contribution is 2.24. The molecule has 0 unspecified atom stereocenters. The molecule has 6 nitrogen and oxygen atoms in total. The van der Waals surface area contributed by atoms with Gasteiger partial charge in [0.05, 0.1) is 11.7 Å². The van der Waals surface area contributed by atoms with Crippen molar-refractivity contribution in [1.29, 1.82) is 0 Å². The lowest BCUT2D eigenvalue weighted by Crippen LogP contribution is -2.36. The Labute approximate surface area is 149 Å². The summed E-state index contributed by atoms with van der Waals surface area (Å²) in [5.74, 6) is -1.89. The van der Waals surface area contributed by atoms with Crippen LogP contribution in [0.25, 0.3) is 0 Å². The Kier molecular flexibility index (Phi) is 6.27. The number of amides is 1. The molecule has 1 atom stereocenters. The molecule has 0 aromatic heterocycles. The third-order valence-electron chi connectivity index (χ3n) is 3.53. The molecule has 0 aliphatic carbocycles. The van der Waals surface area contributed by atoms with E-state index in [4.69, 9.17) is 22.4 Å². The van der Waals surface area contributed by atoms with Crippen molar-refractivity contribution in [3.63, 3.8) is 0 Å². The standard InChI is InChI=1S/C18H17ClN2O4/c19-12-6-8-15(21-18(25)14(20)7-9-16(22)23)13(10-12)17(24)11-4-2-1-3-5-11/h1-6,8,10,14H,7,9,20H2,(H,21,25)(H,22,23)/t14-/m0/s1. The Morgan fingerprint density at radius 2 is 1.80 bits per heavy atom. The van der Waals surface area contributed by atoms with Crippen molar-refractivity contribution in [2.75, 3.05) is 5.32 Å². The van der Waals surface area contributed by atoms with Crippen molar-refractivity contribution < 1.29 is 19.5 Å². The Hall–Kier alpha value is -2.70. The summed E-state index contributed by atoms with van der Waals surface area (Å²) in [5.41, 5.74) is 6.65. The van der Waals surface area contributed by atoms with Crippen molar-refractivity contribution in [2.45, 2.75) is 18.9 Å². The molecule has 0 heterocycles. The molecule has 1 amide bonds. The number of hydrogen-bond acceptors (Lipinski definition) is 4. The number of nitrogens with two attached hydrogens (primary N) is 1. The second-order valence-corrected chi connectivity index (χ2v) is 5.85. The predicted molar refractivity (Wildman–Crippen MR) is 94.8 cm³/mol. The first-order valence-corrected chi connectivity index (χ1v) is 7.94. The normalized spacial score (nSPS) is 11.6. The van der Waals surface area contributed by atoms with Gasteiger partial charge in [0.25, 0.3) is 0 Å². The summed E-state index contributed by atoms with van der Waals surface area (Å²) in [4.78, 5) is 35.4. The van der Waals surface area contributed by atoms with Gasteiger partial charge in [-0.3, -0.25) is 14.4 Å². The van der Waals surface area contributed by atoms with Crippen LogP contribution >= 0.6 is 11.6 Å². The van der Waals surface area contributed by atoms with Gasteiger partial charge in [0.1, 0.15) is 0 Å². The first kappa shape index (κ1) is 18.6. The van der Waals surface area contributed by atoms with Crippen LogP contribution in [0.5, 0.6) is 0 Å². The molecule has 0 aliphatic heterocycles. The number of halogens is 1. The van der Waals surface area contributed by atoms with E-state index >= 15 is 0 Å². The molecule has 0 aliphatic rings. The average molecular weight is 361 g/mol. The van der Waals surface area contributed by atoms with E-state index in [1.807, 2.05) is 0 Å². The lowest BCUT2D eigenvalue weighted by Gasteiger charge is -2.14. The number of carbonyl (C=O) groups excluding carboxylic acids is 2. The van der Waals surface area contributed by atoms with Crippen LogP contribution in [0.15, 0.2) is 48.5 Å². The van der Waals surface area contributed by atoms with E-state index < -0.39 is 17.9 Å². The summed E-state index contributed by atoms with van der Waals surface area (Å²) in [7, 11) is 0. The van der Waals surface area contributed by atoms with Crippen LogP contribution in [-0.2, 0) is 9.59 Å². The van der Waals surface area contributed by atoms with Gasteiger partial charge in [0.15, 0.2) is 5.78 Å². The zero-order chi connectivity index (χ0) is 18.4. The van der Waals surface area contributed by atoms with Gasteiger partial charge in [0.2, 0.25) is 5.91 Å². The van der Waals surface area contributed by atoms with E-state index in [-0.39, 0.29) is 29.9 Å². The van der Waals surface area contributed by atoms with Crippen LogP contribution in [0.2, 0.25) is 5.02 Å². The fourth-order valence-corrected chi connectivity index (χ4v) is 2.37. The highest BCUT2D eigenvalue weighted by atomic mass is 35.5. The maximum absolute atomic E-state index is 12.7. The second kappa shape index (κ2) is 8.41. The molecule has 0 saturated heterocycles. The van der Waals surface area contributed by atoms with Gasteiger partial charge in [-0.2, -0.15) is 0 Å².